The van der Waals surface area contributed by atoms with Crippen LogP contribution in [0, 0.1) is 0 Å². The molecule has 0 fully saturated rings. The number of halogens is 1. The highest BCUT2D eigenvalue weighted by Crippen LogP contribution is 2.12. The van der Waals surface area contributed by atoms with E-state index in [0.717, 1.165) is 25.9 Å². The maximum absolute atomic E-state index is 2.41. The van der Waals surface area contributed by atoms with Crippen LogP contribution in [0.25, 0.3) is 0 Å². The first-order valence-corrected chi connectivity index (χ1v) is 13.1. The lowest BCUT2D eigenvalue weighted by Crippen LogP contribution is -2.30. The second kappa shape index (κ2) is 16.8. The molecule has 196 valence electrons. The van der Waals surface area contributed by atoms with E-state index < -0.39 is 0 Å². The van der Waals surface area contributed by atoms with E-state index in [-0.39, 0.29) is 12.4 Å². The van der Waals surface area contributed by atoms with Crippen LogP contribution in [0.3, 0.4) is 0 Å². The first kappa shape index (κ1) is 30.3. The first-order valence-electron chi connectivity index (χ1n) is 13.1. The van der Waals surface area contributed by atoms with E-state index in [1.54, 1.807) is 0 Å². The molecule has 4 rings (SSSR count). The molecule has 0 radical (unpaired) electrons. The largest absolute Gasteiger partial charge is 0.299 e. The van der Waals surface area contributed by atoms with Crippen LogP contribution in [-0.4, -0.2) is 36.0 Å². The summed E-state index contributed by atoms with van der Waals surface area (Å²) in [6, 6.07) is 43.8. The number of hydrogen-bond donors (Lipinski definition) is 0. The van der Waals surface area contributed by atoms with Crippen molar-refractivity contribution in [1.29, 1.82) is 0 Å². The summed E-state index contributed by atoms with van der Waals surface area (Å²) in [6.45, 7) is 6.59. The Morgan fingerprint density at radius 1 is 0.432 bits per heavy atom. The Balaban J connectivity index is 0.000000253. The zero-order chi connectivity index (χ0) is 25.6. The summed E-state index contributed by atoms with van der Waals surface area (Å²) >= 11 is 0. The molecular formula is C34H43ClN2. The summed E-state index contributed by atoms with van der Waals surface area (Å²) in [7, 11) is 4.39. The molecule has 0 saturated carbocycles. The third-order valence-corrected chi connectivity index (χ3v) is 6.80. The van der Waals surface area contributed by atoms with E-state index in [1.807, 2.05) is 0 Å². The van der Waals surface area contributed by atoms with E-state index in [0.29, 0.717) is 12.1 Å². The van der Waals surface area contributed by atoms with Gasteiger partial charge in [0.15, 0.2) is 0 Å². The van der Waals surface area contributed by atoms with Gasteiger partial charge in [-0.3, -0.25) is 9.80 Å². The Kier molecular flexibility index (Phi) is 13.7. The van der Waals surface area contributed by atoms with Crippen molar-refractivity contribution in [2.45, 2.75) is 51.9 Å². The van der Waals surface area contributed by atoms with Crippen molar-refractivity contribution in [3.8, 4) is 0 Å². The summed E-state index contributed by atoms with van der Waals surface area (Å²) in [5.74, 6) is 0. The fraction of sp³-hybridized carbons (Fsp3) is 0.294. The smallest absolute Gasteiger partial charge is 0.0233 e. The number of benzene rings is 4. The third kappa shape index (κ3) is 11.3. The van der Waals surface area contributed by atoms with Gasteiger partial charge in [0.25, 0.3) is 0 Å². The standard InChI is InChI=1S/2C17H21N.ClH/c2*1-15(13-16-9-5-3-6-10-16)18(2)14-17-11-7-4-8-12-17;/h2*3-12,15H,13-14H2,1-2H3;1H/t2*15-;/m00./s1. The molecule has 0 aliphatic rings. The number of hydrogen-bond acceptors (Lipinski definition) is 2. The Bertz CT molecular complexity index is 906. The molecule has 0 unspecified atom stereocenters. The van der Waals surface area contributed by atoms with Crippen LogP contribution < -0.4 is 0 Å². The van der Waals surface area contributed by atoms with Crippen LogP contribution in [0.2, 0.25) is 0 Å². The molecule has 0 bridgehead atoms. The zero-order valence-electron chi connectivity index (χ0n) is 22.8. The van der Waals surface area contributed by atoms with Gasteiger partial charge in [-0.1, -0.05) is 121 Å². The quantitative estimate of drug-likeness (QED) is 0.212. The molecule has 2 atom stereocenters. The monoisotopic (exact) mass is 514 g/mol. The van der Waals surface area contributed by atoms with Gasteiger partial charge in [-0.25, -0.2) is 0 Å². The van der Waals surface area contributed by atoms with E-state index in [9.17, 15) is 0 Å². The van der Waals surface area contributed by atoms with Crippen LogP contribution >= 0.6 is 12.4 Å². The Morgan fingerprint density at radius 2 is 0.676 bits per heavy atom. The summed E-state index contributed by atoms with van der Waals surface area (Å²) in [4.78, 5) is 4.81. The molecule has 0 N–H and O–H groups in total. The molecule has 0 aromatic heterocycles. The van der Waals surface area contributed by atoms with Gasteiger partial charge in [0, 0.05) is 25.2 Å². The lowest BCUT2D eigenvalue weighted by molar-refractivity contribution is 0.248. The molecule has 2 nitrogen and oxygen atoms in total. The van der Waals surface area contributed by atoms with Crippen LogP contribution in [0.15, 0.2) is 121 Å². The van der Waals surface area contributed by atoms with Crippen molar-refractivity contribution in [3.63, 3.8) is 0 Å². The molecule has 0 amide bonds. The third-order valence-electron chi connectivity index (χ3n) is 6.80. The second-order valence-electron chi connectivity index (χ2n) is 9.88. The van der Waals surface area contributed by atoms with Crippen molar-refractivity contribution >= 4 is 12.4 Å². The second-order valence-corrected chi connectivity index (χ2v) is 9.88. The number of nitrogens with zero attached hydrogens (tertiary/aromatic N) is 2. The molecule has 0 heterocycles. The molecule has 0 saturated heterocycles. The SMILES string of the molecule is C[C@@H](Cc1ccccc1)N(C)Cc1ccccc1.C[C@@H](Cc1ccccc1)N(C)Cc1ccccc1.Cl. The van der Waals surface area contributed by atoms with Gasteiger partial charge in [-0.05, 0) is 63.0 Å². The average Bonchev–Trinajstić information content (AvgIpc) is 2.91. The van der Waals surface area contributed by atoms with Crippen LogP contribution in [0.5, 0.6) is 0 Å². The maximum atomic E-state index is 2.41. The molecule has 4 aromatic rings. The lowest BCUT2D eigenvalue weighted by atomic mass is 10.1. The summed E-state index contributed by atoms with van der Waals surface area (Å²) in [6.07, 6.45) is 2.20. The van der Waals surface area contributed by atoms with Crippen molar-refractivity contribution in [2.24, 2.45) is 0 Å². The predicted octanol–water partition coefficient (Wildman–Crippen LogP) is 7.92. The fourth-order valence-electron chi connectivity index (χ4n) is 4.28. The fourth-order valence-corrected chi connectivity index (χ4v) is 4.28. The minimum atomic E-state index is 0. The molecular weight excluding hydrogens is 472 g/mol. The Morgan fingerprint density at radius 3 is 0.946 bits per heavy atom. The molecule has 4 aromatic carbocycles. The van der Waals surface area contributed by atoms with E-state index in [1.165, 1.54) is 22.3 Å². The predicted molar refractivity (Wildman–Crippen MR) is 162 cm³/mol. The highest BCUT2D eigenvalue weighted by Gasteiger charge is 2.11. The molecule has 0 aliphatic carbocycles. The van der Waals surface area contributed by atoms with E-state index in [4.69, 9.17) is 0 Å². The van der Waals surface area contributed by atoms with Gasteiger partial charge in [-0.2, -0.15) is 0 Å². The van der Waals surface area contributed by atoms with Gasteiger partial charge in [0.05, 0.1) is 0 Å². The lowest BCUT2D eigenvalue weighted by Gasteiger charge is -2.24. The van der Waals surface area contributed by atoms with Crippen LogP contribution in [-0.2, 0) is 25.9 Å². The summed E-state index contributed by atoms with van der Waals surface area (Å²) < 4.78 is 0. The molecule has 3 heteroatoms. The number of likely N-dealkylation sites (N-methyl/N-ethyl adjacent to an activating group) is 2. The van der Waals surface area contributed by atoms with Crippen molar-refractivity contribution in [3.05, 3.63) is 144 Å². The van der Waals surface area contributed by atoms with Gasteiger partial charge < -0.3 is 0 Å². The minimum Gasteiger partial charge on any atom is -0.299 e. The van der Waals surface area contributed by atoms with Gasteiger partial charge in [-0.15, -0.1) is 12.4 Å². The van der Waals surface area contributed by atoms with Gasteiger partial charge in [0.1, 0.15) is 0 Å². The Labute approximate surface area is 231 Å². The van der Waals surface area contributed by atoms with Crippen molar-refractivity contribution < 1.29 is 0 Å². The Hall–Kier alpha value is -2.91. The highest BCUT2D eigenvalue weighted by atomic mass is 35.5. The summed E-state index contributed by atoms with van der Waals surface area (Å²) in [5, 5.41) is 0. The topological polar surface area (TPSA) is 6.48 Å². The maximum Gasteiger partial charge on any atom is 0.0233 e. The normalized spacial score (nSPS) is 12.3. The minimum absolute atomic E-state index is 0. The highest BCUT2D eigenvalue weighted by molar-refractivity contribution is 5.85. The van der Waals surface area contributed by atoms with Gasteiger partial charge in [0.2, 0.25) is 0 Å². The molecule has 37 heavy (non-hydrogen) atoms. The summed E-state index contributed by atoms with van der Waals surface area (Å²) in [5.41, 5.74) is 5.56. The number of rotatable bonds is 10. The van der Waals surface area contributed by atoms with E-state index >= 15 is 0 Å². The average molecular weight is 515 g/mol. The van der Waals surface area contributed by atoms with Crippen molar-refractivity contribution in [1.82, 2.24) is 9.80 Å². The zero-order valence-corrected chi connectivity index (χ0v) is 23.6. The van der Waals surface area contributed by atoms with Crippen LogP contribution in [0.1, 0.15) is 36.1 Å². The van der Waals surface area contributed by atoms with Crippen LogP contribution in [0.4, 0.5) is 0 Å². The van der Waals surface area contributed by atoms with E-state index in [2.05, 4.69) is 159 Å². The molecule has 0 spiro atoms. The molecule has 0 aliphatic heterocycles. The first-order chi connectivity index (χ1) is 17.5. The van der Waals surface area contributed by atoms with Crippen molar-refractivity contribution in [2.75, 3.05) is 14.1 Å². The van der Waals surface area contributed by atoms with Gasteiger partial charge >= 0.3 is 0 Å².